The Bertz CT molecular complexity index is 508. The van der Waals surface area contributed by atoms with Gasteiger partial charge in [0, 0.05) is 6.07 Å². The number of nitrogens with two attached hydrogens (primary N) is 1. The van der Waals surface area contributed by atoms with Crippen LogP contribution in [0.5, 0.6) is 5.75 Å². The smallest absolute Gasteiger partial charge is 0.398 e. The molecule has 17 heavy (non-hydrogen) atoms. The van der Waals surface area contributed by atoms with Crippen LogP contribution in [0, 0.1) is 21.4 Å². The molecule has 1 aromatic heterocycles. The summed E-state index contributed by atoms with van der Waals surface area (Å²) in [6.07, 6.45) is -5.13. The van der Waals surface area contributed by atoms with Gasteiger partial charge in [0.15, 0.2) is 0 Å². The third-order valence-electron chi connectivity index (χ3n) is 1.51. The number of hydrogen-bond donors (Lipinski definition) is 1. The summed E-state index contributed by atoms with van der Waals surface area (Å²) in [6.45, 7) is 0. The lowest BCUT2D eigenvalue weighted by Crippen LogP contribution is -2.18. The second-order valence-corrected chi connectivity index (χ2v) is 2.66. The van der Waals surface area contributed by atoms with E-state index in [1.807, 2.05) is 0 Å². The van der Waals surface area contributed by atoms with Gasteiger partial charge in [-0.25, -0.2) is 4.98 Å². The van der Waals surface area contributed by atoms with Gasteiger partial charge in [-0.2, -0.15) is 5.26 Å². The number of halogens is 3. The van der Waals surface area contributed by atoms with Gasteiger partial charge in [-0.3, -0.25) is 10.1 Å². The maximum absolute atomic E-state index is 12.0. The highest BCUT2D eigenvalue weighted by atomic mass is 19.4. The summed E-state index contributed by atoms with van der Waals surface area (Å²) in [6, 6.07) is 1.89. The highest BCUT2D eigenvalue weighted by Crippen LogP contribution is 2.35. The summed E-state index contributed by atoms with van der Waals surface area (Å²) >= 11 is 0. The zero-order valence-electron chi connectivity index (χ0n) is 7.85. The van der Waals surface area contributed by atoms with E-state index in [2.05, 4.69) is 9.72 Å². The number of ether oxygens (including phenoxy) is 1. The molecule has 0 fully saturated rings. The number of nitrogen functional groups attached to an aromatic ring is 1. The first kappa shape index (κ1) is 12.5. The molecule has 10 heteroatoms. The molecule has 90 valence electrons. The predicted octanol–water partition coefficient (Wildman–Crippen LogP) is 1.34. The van der Waals surface area contributed by atoms with Crippen LogP contribution in [0.25, 0.3) is 0 Å². The number of nitriles is 1. The molecule has 0 aliphatic rings. The largest absolute Gasteiger partial charge is 0.573 e. The Hall–Kier alpha value is -2.57. The normalized spacial score (nSPS) is 10.7. The quantitative estimate of drug-likeness (QED) is 0.623. The molecule has 0 unspecified atom stereocenters. The Kier molecular flexibility index (Phi) is 3.03. The van der Waals surface area contributed by atoms with Crippen LogP contribution in [0.15, 0.2) is 6.07 Å². The number of pyridine rings is 1. The summed E-state index contributed by atoms with van der Waals surface area (Å²) in [5.41, 5.74) is 3.41. The lowest BCUT2D eigenvalue weighted by atomic mass is 10.3. The SMILES string of the molecule is N#Cc1cc(OC(F)(F)F)c([N+](=O)[O-])c(N)n1. The number of rotatable bonds is 2. The van der Waals surface area contributed by atoms with E-state index in [1.54, 1.807) is 0 Å². The van der Waals surface area contributed by atoms with Crippen LogP contribution in [0.3, 0.4) is 0 Å². The average Bonchev–Trinajstić information content (AvgIpc) is 2.13. The first-order valence-electron chi connectivity index (χ1n) is 3.85. The van der Waals surface area contributed by atoms with Crippen LogP contribution >= 0.6 is 0 Å². The summed E-state index contributed by atoms with van der Waals surface area (Å²) in [7, 11) is 0. The molecule has 0 aromatic carbocycles. The minimum Gasteiger partial charge on any atom is -0.398 e. The van der Waals surface area contributed by atoms with Crippen molar-refractivity contribution in [3.05, 3.63) is 21.9 Å². The fraction of sp³-hybridized carbons (Fsp3) is 0.143. The minimum absolute atomic E-state index is 0.488. The van der Waals surface area contributed by atoms with E-state index >= 15 is 0 Å². The molecule has 0 spiro atoms. The van der Waals surface area contributed by atoms with Crippen molar-refractivity contribution in [2.24, 2.45) is 0 Å². The van der Waals surface area contributed by atoms with Crippen molar-refractivity contribution in [2.45, 2.75) is 6.36 Å². The van der Waals surface area contributed by atoms with Crippen LogP contribution < -0.4 is 10.5 Å². The summed E-state index contributed by atoms with van der Waals surface area (Å²) in [4.78, 5) is 12.5. The van der Waals surface area contributed by atoms with E-state index in [0.29, 0.717) is 6.07 Å². The van der Waals surface area contributed by atoms with Crippen molar-refractivity contribution in [2.75, 3.05) is 5.73 Å². The average molecular weight is 248 g/mol. The maximum atomic E-state index is 12.0. The van der Waals surface area contributed by atoms with Gasteiger partial charge in [0.05, 0.1) is 4.92 Å². The summed E-state index contributed by atoms with van der Waals surface area (Å²) in [5.74, 6) is -2.00. The van der Waals surface area contributed by atoms with Crippen molar-refractivity contribution in [3.63, 3.8) is 0 Å². The van der Waals surface area contributed by atoms with Gasteiger partial charge >= 0.3 is 12.0 Å². The highest BCUT2D eigenvalue weighted by Gasteiger charge is 2.36. The monoisotopic (exact) mass is 248 g/mol. The molecule has 0 bridgehead atoms. The first-order valence-corrected chi connectivity index (χ1v) is 3.85. The van der Waals surface area contributed by atoms with Crippen molar-refractivity contribution >= 4 is 11.5 Å². The van der Waals surface area contributed by atoms with Crippen molar-refractivity contribution < 1.29 is 22.8 Å². The zero-order valence-corrected chi connectivity index (χ0v) is 7.85. The van der Waals surface area contributed by atoms with Crippen molar-refractivity contribution in [3.8, 4) is 11.8 Å². The van der Waals surface area contributed by atoms with Crippen LogP contribution in [0.4, 0.5) is 24.7 Å². The van der Waals surface area contributed by atoms with Crippen LogP contribution in [-0.4, -0.2) is 16.3 Å². The van der Waals surface area contributed by atoms with E-state index in [1.165, 1.54) is 6.07 Å². The van der Waals surface area contributed by atoms with E-state index in [0.717, 1.165) is 0 Å². The topological polar surface area (TPSA) is 115 Å². The third kappa shape index (κ3) is 2.94. The third-order valence-corrected chi connectivity index (χ3v) is 1.51. The van der Waals surface area contributed by atoms with Crippen molar-refractivity contribution in [1.29, 1.82) is 5.26 Å². The molecular formula is C7H3F3N4O3. The first-order chi connectivity index (χ1) is 7.74. The van der Waals surface area contributed by atoms with Gasteiger partial charge in [0.25, 0.3) is 0 Å². The van der Waals surface area contributed by atoms with E-state index in [9.17, 15) is 23.3 Å². The Balaban J connectivity index is 3.39. The van der Waals surface area contributed by atoms with Gasteiger partial charge in [0.2, 0.25) is 11.6 Å². The predicted molar refractivity (Wildman–Crippen MR) is 46.7 cm³/mol. The molecule has 0 radical (unpaired) electrons. The minimum atomic E-state index is -5.13. The van der Waals surface area contributed by atoms with E-state index in [4.69, 9.17) is 11.0 Å². The van der Waals surface area contributed by atoms with Crippen LogP contribution in [-0.2, 0) is 0 Å². The lowest BCUT2D eigenvalue weighted by Gasteiger charge is -2.09. The molecule has 1 heterocycles. The highest BCUT2D eigenvalue weighted by molar-refractivity contribution is 5.63. The molecule has 0 saturated carbocycles. The standard InChI is InChI=1S/C7H3F3N4O3/c8-7(9,10)17-4-1-3(2-11)13-6(12)5(4)14(15)16/h1H,(H2,12,13). The summed E-state index contributed by atoms with van der Waals surface area (Å²) in [5, 5.41) is 18.9. The summed E-state index contributed by atoms with van der Waals surface area (Å²) < 4.78 is 39.3. The maximum Gasteiger partial charge on any atom is 0.573 e. The molecule has 0 aliphatic heterocycles. The molecule has 7 nitrogen and oxygen atoms in total. The Morgan fingerprint density at radius 1 is 1.59 bits per heavy atom. The second kappa shape index (κ2) is 4.12. The van der Waals surface area contributed by atoms with Gasteiger partial charge in [-0.1, -0.05) is 0 Å². The van der Waals surface area contributed by atoms with Crippen LogP contribution in [0.1, 0.15) is 5.69 Å². The number of alkyl halides is 3. The molecule has 0 saturated heterocycles. The second-order valence-electron chi connectivity index (χ2n) is 2.66. The van der Waals surface area contributed by atoms with Crippen molar-refractivity contribution in [1.82, 2.24) is 4.98 Å². The fourth-order valence-electron chi connectivity index (χ4n) is 0.977. The molecule has 1 rings (SSSR count). The number of anilines is 1. The van der Waals surface area contributed by atoms with Gasteiger partial charge < -0.3 is 10.5 Å². The molecular weight excluding hydrogens is 245 g/mol. The number of hydrogen-bond acceptors (Lipinski definition) is 6. The van der Waals surface area contributed by atoms with Gasteiger partial charge in [-0.15, -0.1) is 13.2 Å². The van der Waals surface area contributed by atoms with E-state index in [-0.39, 0.29) is 0 Å². The molecule has 0 aliphatic carbocycles. The van der Waals surface area contributed by atoms with Crippen LogP contribution in [0.2, 0.25) is 0 Å². The molecule has 0 amide bonds. The molecule has 0 atom stereocenters. The number of nitrogens with zero attached hydrogens (tertiary/aromatic N) is 3. The Labute approximate surface area is 91.4 Å². The number of nitro groups is 1. The fourth-order valence-corrected chi connectivity index (χ4v) is 0.977. The molecule has 1 aromatic rings. The lowest BCUT2D eigenvalue weighted by molar-refractivity contribution is -0.388. The van der Waals surface area contributed by atoms with Gasteiger partial charge in [-0.05, 0) is 0 Å². The van der Waals surface area contributed by atoms with Gasteiger partial charge in [0.1, 0.15) is 11.8 Å². The Morgan fingerprint density at radius 2 is 2.18 bits per heavy atom. The number of aromatic nitrogens is 1. The zero-order chi connectivity index (χ0) is 13.2. The molecule has 2 N–H and O–H groups in total. The van der Waals surface area contributed by atoms with E-state index < -0.39 is 34.2 Å². The Morgan fingerprint density at radius 3 is 2.59 bits per heavy atom.